The molecule has 0 atom stereocenters. The lowest BCUT2D eigenvalue weighted by molar-refractivity contribution is 0.411. The molecule has 0 aliphatic rings. The third-order valence-corrected chi connectivity index (χ3v) is 2.67. The monoisotopic (exact) mass is 326 g/mol. The van der Waals surface area contributed by atoms with Crippen LogP contribution >= 0.6 is 38.5 Å². The molecular formula is C8H8BrIO. The lowest BCUT2D eigenvalue weighted by Crippen LogP contribution is -1.89. The van der Waals surface area contributed by atoms with Crippen molar-refractivity contribution in [1.29, 1.82) is 0 Å². The summed E-state index contributed by atoms with van der Waals surface area (Å²) >= 11 is 5.66. The van der Waals surface area contributed by atoms with Crippen molar-refractivity contribution in [3.63, 3.8) is 0 Å². The molecule has 3 heteroatoms. The van der Waals surface area contributed by atoms with Gasteiger partial charge < -0.3 is 4.74 Å². The van der Waals surface area contributed by atoms with Crippen LogP contribution in [0.25, 0.3) is 0 Å². The molecule has 0 spiro atoms. The van der Waals surface area contributed by atoms with Crippen LogP contribution in [0.3, 0.4) is 0 Å². The van der Waals surface area contributed by atoms with Crippen LogP contribution in [-0.2, 0) is 5.33 Å². The summed E-state index contributed by atoms with van der Waals surface area (Å²) in [6.07, 6.45) is 0. The number of methoxy groups -OCH3 is 1. The van der Waals surface area contributed by atoms with Gasteiger partial charge in [-0.3, -0.25) is 0 Å². The molecule has 0 saturated carbocycles. The number of alkyl halides is 1. The molecule has 1 aromatic carbocycles. The Labute approximate surface area is 88.4 Å². The predicted octanol–water partition coefficient (Wildman–Crippen LogP) is 3.19. The molecule has 0 unspecified atom stereocenters. The summed E-state index contributed by atoms with van der Waals surface area (Å²) in [6.45, 7) is 0. The fourth-order valence-corrected chi connectivity index (χ4v) is 1.75. The summed E-state index contributed by atoms with van der Waals surface area (Å²) in [5.74, 6) is 0.953. The number of ether oxygens (including phenoxy) is 1. The van der Waals surface area contributed by atoms with Crippen LogP contribution in [0.1, 0.15) is 5.56 Å². The van der Waals surface area contributed by atoms with Gasteiger partial charge in [-0.1, -0.05) is 22.0 Å². The zero-order chi connectivity index (χ0) is 8.27. The van der Waals surface area contributed by atoms with E-state index in [2.05, 4.69) is 50.7 Å². The molecule has 1 rings (SSSR count). The van der Waals surface area contributed by atoms with Gasteiger partial charge in [-0.2, -0.15) is 0 Å². The second-order valence-corrected chi connectivity index (χ2v) is 3.90. The van der Waals surface area contributed by atoms with E-state index in [4.69, 9.17) is 4.74 Å². The average molecular weight is 327 g/mol. The minimum absolute atomic E-state index is 0.840. The Morgan fingerprint density at radius 2 is 2.27 bits per heavy atom. The minimum atomic E-state index is 0.840. The lowest BCUT2D eigenvalue weighted by Gasteiger charge is -2.05. The van der Waals surface area contributed by atoms with Crippen molar-refractivity contribution in [3.05, 3.63) is 27.3 Å². The van der Waals surface area contributed by atoms with Gasteiger partial charge in [0.25, 0.3) is 0 Å². The molecule has 1 nitrogen and oxygen atoms in total. The average Bonchev–Trinajstić information content (AvgIpc) is 2.04. The highest BCUT2D eigenvalue weighted by molar-refractivity contribution is 14.1. The van der Waals surface area contributed by atoms with Crippen molar-refractivity contribution < 1.29 is 4.74 Å². The zero-order valence-corrected chi connectivity index (χ0v) is 9.85. The van der Waals surface area contributed by atoms with Gasteiger partial charge in [-0.05, 0) is 34.7 Å². The quantitative estimate of drug-likeness (QED) is 0.599. The second-order valence-electron chi connectivity index (χ2n) is 2.09. The van der Waals surface area contributed by atoms with E-state index in [9.17, 15) is 0 Å². The summed E-state index contributed by atoms with van der Waals surface area (Å²) in [4.78, 5) is 0. The first-order chi connectivity index (χ1) is 5.27. The molecule has 1 aromatic rings. The Kier molecular flexibility index (Phi) is 3.65. The topological polar surface area (TPSA) is 9.23 Å². The molecule has 0 aromatic heterocycles. The predicted molar refractivity (Wildman–Crippen MR) is 58.3 cm³/mol. The zero-order valence-electron chi connectivity index (χ0n) is 6.10. The van der Waals surface area contributed by atoms with Gasteiger partial charge in [0.2, 0.25) is 0 Å². The number of hydrogen-bond donors (Lipinski definition) is 0. The first-order valence-electron chi connectivity index (χ1n) is 3.16. The minimum Gasteiger partial charge on any atom is -0.496 e. The van der Waals surface area contributed by atoms with E-state index in [1.54, 1.807) is 7.11 Å². The Bertz CT molecular complexity index is 250. The van der Waals surface area contributed by atoms with E-state index in [1.165, 1.54) is 9.13 Å². The van der Waals surface area contributed by atoms with Gasteiger partial charge in [0.05, 0.1) is 7.11 Å². The Hall–Kier alpha value is 0.230. The molecule has 11 heavy (non-hydrogen) atoms. The summed E-state index contributed by atoms with van der Waals surface area (Å²) < 4.78 is 6.38. The molecular weight excluding hydrogens is 319 g/mol. The van der Waals surface area contributed by atoms with Crippen LogP contribution in [0, 0.1) is 3.57 Å². The van der Waals surface area contributed by atoms with E-state index < -0.39 is 0 Å². The maximum atomic E-state index is 5.18. The number of hydrogen-bond acceptors (Lipinski definition) is 1. The van der Waals surface area contributed by atoms with E-state index in [-0.39, 0.29) is 0 Å². The van der Waals surface area contributed by atoms with Crippen LogP contribution < -0.4 is 4.74 Å². The molecule has 0 N–H and O–H groups in total. The highest BCUT2D eigenvalue weighted by atomic mass is 127. The molecule has 0 saturated heterocycles. The van der Waals surface area contributed by atoms with Gasteiger partial charge in [-0.15, -0.1) is 0 Å². The van der Waals surface area contributed by atoms with Crippen molar-refractivity contribution in [2.24, 2.45) is 0 Å². The smallest absolute Gasteiger partial charge is 0.123 e. The lowest BCUT2D eigenvalue weighted by atomic mass is 10.2. The highest BCUT2D eigenvalue weighted by Crippen LogP contribution is 2.22. The standard InChI is InChI=1S/C8H8BrIO/c1-11-8-4-7(10)3-2-6(8)5-9/h2-4H,5H2,1H3. The molecule has 0 heterocycles. The van der Waals surface area contributed by atoms with Crippen molar-refractivity contribution >= 4 is 38.5 Å². The van der Waals surface area contributed by atoms with Crippen molar-refractivity contribution in [3.8, 4) is 5.75 Å². The van der Waals surface area contributed by atoms with E-state index >= 15 is 0 Å². The summed E-state index contributed by atoms with van der Waals surface area (Å²) in [7, 11) is 1.69. The Morgan fingerprint density at radius 3 is 2.82 bits per heavy atom. The van der Waals surface area contributed by atoms with Gasteiger partial charge in [-0.25, -0.2) is 0 Å². The van der Waals surface area contributed by atoms with E-state index in [0.717, 1.165) is 11.1 Å². The summed E-state index contributed by atoms with van der Waals surface area (Å²) in [6, 6.07) is 6.16. The number of halogens is 2. The van der Waals surface area contributed by atoms with Crippen LogP contribution in [-0.4, -0.2) is 7.11 Å². The van der Waals surface area contributed by atoms with Gasteiger partial charge in [0.15, 0.2) is 0 Å². The molecule has 0 amide bonds. The molecule has 0 aliphatic heterocycles. The van der Waals surface area contributed by atoms with Crippen LogP contribution in [0.5, 0.6) is 5.75 Å². The van der Waals surface area contributed by atoms with E-state index in [1.807, 2.05) is 6.07 Å². The fraction of sp³-hybridized carbons (Fsp3) is 0.250. The van der Waals surface area contributed by atoms with Gasteiger partial charge >= 0.3 is 0 Å². The molecule has 0 bridgehead atoms. The molecule has 0 fully saturated rings. The number of rotatable bonds is 2. The second kappa shape index (κ2) is 4.30. The SMILES string of the molecule is COc1cc(I)ccc1CBr. The largest absolute Gasteiger partial charge is 0.496 e. The first kappa shape index (κ1) is 9.32. The molecule has 0 radical (unpaired) electrons. The van der Waals surface area contributed by atoms with Crippen LogP contribution in [0.2, 0.25) is 0 Å². The molecule has 60 valence electrons. The Morgan fingerprint density at radius 1 is 1.55 bits per heavy atom. The number of benzene rings is 1. The van der Waals surface area contributed by atoms with Crippen molar-refractivity contribution in [2.75, 3.05) is 7.11 Å². The highest BCUT2D eigenvalue weighted by Gasteiger charge is 2.00. The summed E-state index contributed by atoms with van der Waals surface area (Å²) in [5.41, 5.74) is 1.19. The Balaban J connectivity index is 3.06. The first-order valence-corrected chi connectivity index (χ1v) is 5.36. The molecule has 0 aliphatic carbocycles. The normalized spacial score (nSPS) is 9.73. The summed E-state index contributed by atoms with van der Waals surface area (Å²) in [5, 5.41) is 0.840. The third-order valence-electron chi connectivity index (χ3n) is 1.39. The van der Waals surface area contributed by atoms with Crippen molar-refractivity contribution in [2.45, 2.75) is 5.33 Å². The van der Waals surface area contributed by atoms with Gasteiger partial charge in [0.1, 0.15) is 5.75 Å². The fourth-order valence-electron chi connectivity index (χ4n) is 0.829. The third kappa shape index (κ3) is 2.33. The van der Waals surface area contributed by atoms with Crippen molar-refractivity contribution in [1.82, 2.24) is 0 Å². The van der Waals surface area contributed by atoms with Gasteiger partial charge in [0, 0.05) is 14.5 Å². The maximum absolute atomic E-state index is 5.18. The maximum Gasteiger partial charge on any atom is 0.123 e. The van der Waals surface area contributed by atoms with E-state index in [0.29, 0.717) is 0 Å². The van der Waals surface area contributed by atoms with Crippen LogP contribution in [0.4, 0.5) is 0 Å². The van der Waals surface area contributed by atoms with Crippen LogP contribution in [0.15, 0.2) is 18.2 Å².